The summed E-state index contributed by atoms with van der Waals surface area (Å²) < 4.78 is 44.5. The minimum Gasteiger partial charge on any atom is -0.465 e. The highest BCUT2D eigenvalue weighted by atomic mass is 19.4. The summed E-state index contributed by atoms with van der Waals surface area (Å²) in [4.78, 5) is 14.9. The van der Waals surface area contributed by atoms with E-state index < -0.39 is 23.8 Å². The van der Waals surface area contributed by atoms with Gasteiger partial charge in [-0.1, -0.05) is 0 Å². The van der Waals surface area contributed by atoms with E-state index in [-0.39, 0.29) is 12.2 Å². The molecule has 8 heteroatoms. The lowest BCUT2D eigenvalue weighted by atomic mass is 10.1. The van der Waals surface area contributed by atoms with E-state index in [9.17, 15) is 18.0 Å². The number of aromatic nitrogens is 1. The van der Waals surface area contributed by atoms with E-state index in [1.165, 1.54) is 13.0 Å². The zero-order valence-corrected chi connectivity index (χ0v) is 9.67. The largest absolute Gasteiger partial charge is 0.574 e. The van der Waals surface area contributed by atoms with Crippen molar-refractivity contribution in [2.75, 3.05) is 7.11 Å². The first-order valence-corrected chi connectivity index (χ1v) is 4.83. The molecule has 100 valence electrons. The van der Waals surface area contributed by atoms with Gasteiger partial charge in [-0.25, -0.2) is 9.78 Å². The first-order chi connectivity index (χ1) is 8.28. The summed E-state index contributed by atoms with van der Waals surface area (Å²) in [6.07, 6.45) is -4.94. The molecule has 0 saturated heterocycles. The second-order valence-corrected chi connectivity index (χ2v) is 3.33. The maximum Gasteiger partial charge on any atom is 0.574 e. The molecule has 1 heterocycles. The van der Waals surface area contributed by atoms with Gasteiger partial charge in [-0.05, 0) is 18.6 Å². The van der Waals surface area contributed by atoms with E-state index in [0.29, 0.717) is 5.56 Å². The van der Waals surface area contributed by atoms with E-state index in [4.69, 9.17) is 5.73 Å². The van der Waals surface area contributed by atoms with E-state index in [1.54, 1.807) is 0 Å². The number of esters is 1. The maximum atomic E-state index is 12.2. The topological polar surface area (TPSA) is 74.4 Å². The number of nitrogens with two attached hydrogens (primary N) is 1. The summed E-state index contributed by atoms with van der Waals surface area (Å²) in [6.45, 7) is 1.50. The number of carbonyl (C=O) groups excluding carboxylic acids is 1. The van der Waals surface area contributed by atoms with Gasteiger partial charge in [0.25, 0.3) is 0 Å². The van der Waals surface area contributed by atoms with Crippen LogP contribution in [-0.2, 0) is 11.3 Å². The normalized spacial score (nSPS) is 11.2. The fourth-order valence-corrected chi connectivity index (χ4v) is 1.28. The monoisotopic (exact) mass is 264 g/mol. The lowest BCUT2D eigenvalue weighted by molar-refractivity contribution is -0.276. The Labute approximate surface area is 101 Å². The molecule has 1 rings (SSSR count). The van der Waals surface area contributed by atoms with E-state index in [0.717, 1.165) is 7.11 Å². The van der Waals surface area contributed by atoms with Crippen molar-refractivity contribution in [2.24, 2.45) is 5.73 Å². The number of nitrogens with zero attached hydrogens (tertiary/aromatic N) is 1. The van der Waals surface area contributed by atoms with Crippen molar-refractivity contribution in [1.29, 1.82) is 0 Å². The average Bonchev–Trinajstić information content (AvgIpc) is 2.26. The summed E-state index contributed by atoms with van der Waals surface area (Å²) in [7, 11) is 1.04. The number of ether oxygens (including phenoxy) is 2. The number of pyridine rings is 1. The van der Waals surface area contributed by atoms with Crippen molar-refractivity contribution >= 4 is 5.97 Å². The van der Waals surface area contributed by atoms with Crippen LogP contribution < -0.4 is 10.5 Å². The molecular weight excluding hydrogens is 253 g/mol. The third-order valence-electron chi connectivity index (χ3n) is 2.12. The fourth-order valence-electron chi connectivity index (χ4n) is 1.28. The maximum absolute atomic E-state index is 12.2. The van der Waals surface area contributed by atoms with Gasteiger partial charge >= 0.3 is 12.3 Å². The molecular formula is C10H11F3N2O3. The van der Waals surface area contributed by atoms with Gasteiger partial charge in [0.15, 0.2) is 0 Å². The second kappa shape index (κ2) is 5.21. The van der Waals surface area contributed by atoms with Crippen LogP contribution in [0, 0.1) is 6.92 Å². The molecule has 0 atom stereocenters. The van der Waals surface area contributed by atoms with E-state index in [1.807, 2.05) is 0 Å². The van der Waals surface area contributed by atoms with Crippen molar-refractivity contribution in [1.82, 2.24) is 4.98 Å². The van der Waals surface area contributed by atoms with Gasteiger partial charge < -0.3 is 15.2 Å². The van der Waals surface area contributed by atoms with Gasteiger partial charge in [0, 0.05) is 12.2 Å². The lowest BCUT2D eigenvalue weighted by Crippen LogP contribution is -2.21. The number of hydrogen-bond acceptors (Lipinski definition) is 5. The van der Waals surface area contributed by atoms with Crippen LogP contribution >= 0.6 is 0 Å². The number of hydrogen-bond donors (Lipinski definition) is 1. The van der Waals surface area contributed by atoms with Crippen LogP contribution in [0.15, 0.2) is 6.07 Å². The number of carbonyl (C=O) groups is 1. The number of methoxy groups -OCH3 is 1. The van der Waals surface area contributed by atoms with Gasteiger partial charge in [0.2, 0.25) is 5.88 Å². The van der Waals surface area contributed by atoms with Gasteiger partial charge in [0.05, 0.1) is 7.11 Å². The third kappa shape index (κ3) is 3.33. The molecule has 0 spiro atoms. The summed E-state index contributed by atoms with van der Waals surface area (Å²) in [5, 5.41) is 0. The molecule has 2 N–H and O–H groups in total. The molecule has 5 nitrogen and oxygen atoms in total. The van der Waals surface area contributed by atoms with Crippen LogP contribution in [0.3, 0.4) is 0 Å². The molecule has 18 heavy (non-hydrogen) atoms. The molecule has 0 aliphatic heterocycles. The lowest BCUT2D eigenvalue weighted by Gasteiger charge is -2.13. The first-order valence-electron chi connectivity index (χ1n) is 4.83. The Hall–Kier alpha value is -1.83. The quantitative estimate of drug-likeness (QED) is 0.838. The summed E-state index contributed by atoms with van der Waals surface area (Å²) in [6, 6.07) is 1.18. The highest BCUT2D eigenvalue weighted by Gasteiger charge is 2.34. The highest BCUT2D eigenvalue weighted by Crippen LogP contribution is 2.26. The Morgan fingerprint density at radius 3 is 2.56 bits per heavy atom. The Bertz CT molecular complexity index is 460. The SMILES string of the molecule is COC(=O)c1cc(CN)c(C)nc1OC(F)(F)F. The van der Waals surface area contributed by atoms with Gasteiger partial charge in [-0.3, -0.25) is 0 Å². The average molecular weight is 264 g/mol. The molecule has 0 unspecified atom stereocenters. The molecule has 1 aromatic heterocycles. The Balaban J connectivity index is 3.30. The van der Waals surface area contributed by atoms with Crippen molar-refractivity contribution in [3.63, 3.8) is 0 Å². The summed E-state index contributed by atoms with van der Waals surface area (Å²) in [5.41, 5.74) is 5.66. The minimum absolute atomic E-state index is 0.0368. The van der Waals surface area contributed by atoms with Crippen molar-refractivity contribution in [3.8, 4) is 5.88 Å². The van der Waals surface area contributed by atoms with Crippen molar-refractivity contribution in [3.05, 3.63) is 22.9 Å². The first kappa shape index (κ1) is 14.2. The summed E-state index contributed by atoms with van der Waals surface area (Å²) >= 11 is 0. The highest BCUT2D eigenvalue weighted by molar-refractivity contribution is 5.92. The molecule has 0 radical (unpaired) electrons. The van der Waals surface area contributed by atoms with Crippen LogP contribution in [0.2, 0.25) is 0 Å². The number of alkyl halides is 3. The Kier molecular flexibility index (Phi) is 4.12. The molecule has 0 saturated carbocycles. The molecule has 0 fully saturated rings. The molecule has 0 amide bonds. The molecule has 0 aliphatic carbocycles. The molecule has 1 aromatic rings. The van der Waals surface area contributed by atoms with Crippen LogP contribution in [0.5, 0.6) is 5.88 Å². The van der Waals surface area contributed by atoms with Crippen LogP contribution in [0.25, 0.3) is 0 Å². The minimum atomic E-state index is -4.94. The second-order valence-electron chi connectivity index (χ2n) is 3.33. The smallest absolute Gasteiger partial charge is 0.465 e. The number of aryl methyl sites for hydroxylation is 1. The zero-order valence-electron chi connectivity index (χ0n) is 9.67. The Morgan fingerprint density at radius 2 is 2.11 bits per heavy atom. The van der Waals surface area contributed by atoms with Crippen molar-refractivity contribution < 1.29 is 27.4 Å². The van der Waals surface area contributed by atoms with Gasteiger partial charge in [0.1, 0.15) is 5.56 Å². The van der Waals surface area contributed by atoms with Crippen LogP contribution in [0.1, 0.15) is 21.6 Å². The van der Waals surface area contributed by atoms with Crippen molar-refractivity contribution in [2.45, 2.75) is 19.8 Å². The predicted molar refractivity (Wildman–Crippen MR) is 54.9 cm³/mol. The molecule has 0 bridgehead atoms. The number of rotatable bonds is 3. The predicted octanol–water partition coefficient (Wildman–Crippen LogP) is 1.53. The summed E-state index contributed by atoms with van der Waals surface area (Å²) in [5.74, 6) is -1.82. The Morgan fingerprint density at radius 1 is 1.50 bits per heavy atom. The van der Waals surface area contributed by atoms with Crippen LogP contribution in [0.4, 0.5) is 13.2 Å². The standard InChI is InChI=1S/C10H11F3N2O3/c1-5-6(4-14)3-7(9(16)17-2)8(15-5)18-10(11,12)13/h3H,4,14H2,1-2H3. The zero-order chi connectivity index (χ0) is 13.9. The van der Waals surface area contributed by atoms with Gasteiger partial charge in [-0.15, -0.1) is 13.2 Å². The molecule has 0 aliphatic rings. The van der Waals surface area contributed by atoms with Crippen LogP contribution in [-0.4, -0.2) is 24.4 Å². The van der Waals surface area contributed by atoms with E-state index in [2.05, 4.69) is 14.5 Å². The van der Waals surface area contributed by atoms with E-state index >= 15 is 0 Å². The molecule has 0 aromatic carbocycles. The fraction of sp³-hybridized carbons (Fsp3) is 0.400. The number of halogens is 3. The third-order valence-corrected chi connectivity index (χ3v) is 2.12. The van der Waals surface area contributed by atoms with Gasteiger partial charge in [-0.2, -0.15) is 0 Å².